The fraction of sp³-hybridized carbons (Fsp3) is 0.588. The molecule has 0 bridgehead atoms. The zero-order chi connectivity index (χ0) is 13.5. The molecule has 1 aromatic rings. The first kappa shape index (κ1) is 12.9. The van der Waals surface area contributed by atoms with Crippen molar-refractivity contribution in [2.45, 2.75) is 50.5 Å². The van der Waals surface area contributed by atoms with Crippen LogP contribution in [0.1, 0.15) is 50.5 Å². The molecule has 1 aromatic carbocycles. The van der Waals surface area contributed by atoms with Crippen LogP contribution in [0.4, 0.5) is 0 Å². The number of carbonyl (C=O) groups excluding carboxylic acids is 1. The van der Waals surface area contributed by atoms with E-state index in [1.165, 1.54) is 5.56 Å². The number of benzene rings is 1. The van der Waals surface area contributed by atoms with Crippen LogP contribution in [-0.2, 0) is 4.79 Å². The van der Waals surface area contributed by atoms with Crippen LogP contribution in [0.25, 0.3) is 0 Å². The van der Waals surface area contributed by atoms with E-state index < -0.39 is 5.60 Å². The molecule has 0 saturated heterocycles. The average Bonchev–Trinajstić information content (AvgIpc) is 3.23. The largest absolute Gasteiger partial charge is 0.382 e. The minimum atomic E-state index is -1.03. The van der Waals surface area contributed by atoms with Crippen molar-refractivity contribution in [3.63, 3.8) is 0 Å². The van der Waals surface area contributed by atoms with Crippen LogP contribution in [-0.4, -0.2) is 16.5 Å². The first-order chi connectivity index (χ1) is 9.10. The third-order valence-electron chi connectivity index (χ3n) is 4.92. The molecule has 2 aliphatic rings. The minimum absolute atomic E-state index is 0.0563. The molecule has 0 amide bonds. The smallest absolute Gasteiger partial charge is 0.168 e. The molecule has 2 saturated carbocycles. The maximum absolute atomic E-state index is 12.5. The maximum atomic E-state index is 12.5. The van der Waals surface area contributed by atoms with Gasteiger partial charge in [0.05, 0.1) is 0 Å². The van der Waals surface area contributed by atoms with Crippen LogP contribution in [0.2, 0.25) is 0 Å². The molecule has 102 valence electrons. The molecule has 0 radical (unpaired) electrons. The Morgan fingerprint density at radius 2 is 1.84 bits per heavy atom. The lowest BCUT2D eigenvalue weighted by Gasteiger charge is -2.33. The van der Waals surface area contributed by atoms with E-state index >= 15 is 0 Å². The SMILES string of the molecule is CC1CCC(O)(C(=O)C2CC2c2ccccc2)CC1. The van der Waals surface area contributed by atoms with E-state index in [9.17, 15) is 9.90 Å². The maximum Gasteiger partial charge on any atom is 0.168 e. The summed E-state index contributed by atoms with van der Waals surface area (Å²) in [5, 5.41) is 10.6. The summed E-state index contributed by atoms with van der Waals surface area (Å²) in [4.78, 5) is 12.5. The molecular formula is C17H22O2. The fourth-order valence-electron chi connectivity index (χ4n) is 3.38. The summed E-state index contributed by atoms with van der Waals surface area (Å²) in [7, 11) is 0. The molecule has 2 fully saturated rings. The van der Waals surface area contributed by atoms with Crippen LogP contribution in [0, 0.1) is 11.8 Å². The molecular weight excluding hydrogens is 236 g/mol. The standard InChI is InChI=1S/C17H22O2/c1-12-7-9-17(19,10-8-12)16(18)15-11-14(15)13-5-3-2-4-6-13/h2-6,12,14-15,19H,7-11H2,1H3. The molecule has 0 aromatic heterocycles. The van der Waals surface area contributed by atoms with Gasteiger partial charge in [0.15, 0.2) is 5.78 Å². The second-order valence-corrected chi connectivity index (χ2v) is 6.44. The van der Waals surface area contributed by atoms with Crippen molar-refractivity contribution < 1.29 is 9.90 Å². The molecule has 2 atom stereocenters. The zero-order valence-corrected chi connectivity index (χ0v) is 11.5. The number of ketones is 1. The van der Waals surface area contributed by atoms with Crippen LogP contribution >= 0.6 is 0 Å². The lowest BCUT2D eigenvalue weighted by Crippen LogP contribution is -2.43. The van der Waals surface area contributed by atoms with E-state index in [1.54, 1.807) is 0 Å². The third kappa shape index (κ3) is 2.46. The first-order valence-electron chi connectivity index (χ1n) is 7.42. The van der Waals surface area contributed by atoms with Crippen LogP contribution in [0.5, 0.6) is 0 Å². The third-order valence-corrected chi connectivity index (χ3v) is 4.92. The highest BCUT2D eigenvalue weighted by atomic mass is 16.3. The lowest BCUT2D eigenvalue weighted by atomic mass is 9.76. The van der Waals surface area contributed by atoms with Crippen molar-refractivity contribution in [3.8, 4) is 0 Å². The number of rotatable bonds is 3. The average molecular weight is 258 g/mol. The van der Waals surface area contributed by atoms with Gasteiger partial charge in [-0.2, -0.15) is 0 Å². The van der Waals surface area contributed by atoms with E-state index in [0.717, 1.165) is 19.3 Å². The van der Waals surface area contributed by atoms with Gasteiger partial charge in [-0.15, -0.1) is 0 Å². The van der Waals surface area contributed by atoms with Gasteiger partial charge in [0.1, 0.15) is 5.60 Å². The first-order valence-corrected chi connectivity index (χ1v) is 7.42. The number of aliphatic hydroxyl groups is 1. The van der Waals surface area contributed by atoms with Crippen LogP contribution in [0.3, 0.4) is 0 Å². The Bertz CT molecular complexity index is 457. The van der Waals surface area contributed by atoms with Crippen molar-refractivity contribution >= 4 is 5.78 Å². The Morgan fingerprint density at radius 3 is 2.47 bits per heavy atom. The lowest BCUT2D eigenvalue weighted by molar-refractivity contribution is -0.143. The molecule has 0 aliphatic heterocycles. The molecule has 1 N–H and O–H groups in total. The molecule has 2 unspecified atom stereocenters. The quantitative estimate of drug-likeness (QED) is 0.903. The van der Waals surface area contributed by atoms with Crippen molar-refractivity contribution in [2.75, 3.05) is 0 Å². The minimum Gasteiger partial charge on any atom is -0.382 e. The number of hydrogen-bond acceptors (Lipinski definition) is 2. The Balaban J connectivity index is 1.67. The second-order valence-electron chi connectivity index (χ2n) is 6.44. The molecule has 0 heterocycles. The molecule has 3 rings (SSSR count). The molecule has 2 heteroatoms. The normalized spacial score (nSPS) is 37.9. The van der Waals surface area contributed by atoms with Gasteiger partial charge in [0, 0.05) is 5.92 Å². The fourth-order valence-corrected chi connectivity index (χ4v) is 3.38. The van der Waals surface area contributed by atoms with E-state index in [-0.39, 0.29) is 11.7 Å². The highest BCUT2D eigenvalue weighted by molar-refractivity contribution is 5.92. The van der Waals surface area contributed by atoms with Crippen molar-refractivity contribution in [1.29, 1.82) is 0 Å². The predicted molar refractivity (Wildman–Crippen MR) is 74.9 cm³/mol. The van der Waals surface area contributed by atoms with Gasteiger partial charge in [0.2, 0.25) is 0 Å². The second kappa shape index (κ2) is 4.75. The summed E-state index contributed by atoms with van der Waals surface area (Å²) in [5.41, 5.74) is 0.217. The van der Waals surface area contributed by atoms with Crippen LogP contribution < -0.4 is 0 Å². The highest BCUT2D eigenvalue weighted by Gasteiger charge is 2.51. The van der Waals surface area contributed by atoms with E-state index in [4.69, 9.17) is 0 Å². The molecule has 19 heavy (non-hydrogen) atoms. The van der Waals surface area contributed by atoms with Crippen molar-refractivity contribution in [1.82, 2.24) is 0 Å². The van der Waals surface area contributed by atoms with Crippen LogP contribution in [0.15, 0.2) is 30.3 Å². The Kier molecular flexibility index (Phi) is 3.22. The Morgan fingerprint density at radius 1 is 1.21 bits per heavy atom. The summed E-state index contributed by atoms with van der Waals surface area (Å²) in [6.45, 7) is 2.20. The Labute approximate surface area is 114 Å². The summed E-state index contributed by atoms with van der Waals surface area (Å²) in [6.07, 6.45) is 4.19. The van der Waals surface area contributed by atoms with E-state index in [1.807, 2.05) is 18.2 Å². The van der Waals surface area contributed by atoms with Gasteiger partial charge < -0.3 is 5.11 Å². The highest BCUT2D eigenvalue weighted by Crippen LogP contribution is 2.51. The van der Waals surface area contributed by atoms with E-state index in [2.05, 4.69) is 19.1 Å². The van der Waals surface area contributed by atoms with Crippen molar-refractivity contribution in [2.24, 2.45) is 11.8 Å². The number of hydrogen-bond donors (Lipinski definition) is 1. The van der Waals surface area contributed by atoms with Gasteiger partial charge in [-0.05, 0) is 49.5 Å². The summed E-state index contributed by atoms with van der Waals surface area (Å²) in [6, 6.07) is 10.2. The number of Topliss-reactive ketones (excluding diaryl/α,β-unsaturated/α-hetero) is 1. The summed E-state index contributed by atoms with van der Waals surface area (Å²) in [5.74, 6) is 1.16. The van der Waals surface area contributed by atoms with Gasteiger partial charge in [-0.1, -0.05) is 37.3 Å². The monoisotopic (exact) mass is 258 g/mol. The van der Waals surface area contributed by atoms with Gasteiger partial charge in [-0.25, -0.2) is 0 Å². The summed E-state index contributed by atoms with van der Waals surface area (Å²) < 4.78 is 0. The van der Waals surface area contributed by atoms with E-state index in [0.29, 0.717) is 24.7 Å². The topological polar surface area (TPSA) is 37.3 Å². The molecule has 2 nitrogen and oxygen atoms in total. The molecule has 0 spiro atoms. The van der Waals surface area contributed by atoms with Gasteiger partial charge in [-0.3, -0.25) is 4.79 Å². The zero-order valence-electron chi connectivity index (χ0n) is 11.5. The van der Waals surface area contributed by atoms with Gasteiger partial charge >= 0.3 is 0 Å². The number of carbonyl (C=O) groups is 1. The van der Waals surface area contributed by atoms with Gasteiger partial charge in [0.25, 0.3) is 0 Å². The Hall–Kier alpha value is -1.15. The predicted octanol–water partition coefficient (Wildman–Crippen LogP) is 3.30. The van der Waals surface area contributed by atoms with Crippen molar-refractivity contribution in [3.05, 3.63) is 35.9 Å². The summed E-state index contributed by atoms with van der Waals surface area (Å²) >= 11 is 0. The molecule has 2 aliphatic carbocycles.